The molecule has 1 heterocycles. The number of hydrogen-bond acceptors (Lipinski definition) is 4. The second kappa shape index (κ2) is 4.56. The van der Waals surface area contributed by atoms with Gasteiger partial charge in [-0.3, -0.25) is 0 Å². The van der Waals surface area contributed by atoms with Crippen molar-refractivity contribution in [2.75, 3.05) is 0 Å². The second-order valence-corrected chi connectivity index (χ2v) is 4.27. The molecule has 0 bridgehead atoms. The molecule has 2 rings (SSSR count). The number of halogens is 3. The second-order valence-electron chi connectivity index (χ2n) is 3.46. The van der Waals surface area contributed by atoms with E-state index in [1.165, 1.54) is 4.68 Å². The lowest BCUT2D eigenvalue weighted by molar-refractivity contribution is 0.625. The van der Waals surface area contributed by atoms with Gasteiger partial charge in [-0.05, 0) is 29.5 Å². The van der Waals surface area contributed by atoms with Crippen molar-refractivity contribution in [1.82, 2.24) is 20.2 Å². The van der Waals surface area contributed by atoms with E-state index < -0.39 is 11.9 Å². The van der Waals surface area contributed by atoms with Crippen LogP contribution < -0.4 is 5.73 Å². The first-order chi connectivity index (χ1) is 8.00. The number of rotatable bonds is 2. The van der Waals surface area contributed by atoms with Crippen molar-refractivity contribution < 1.29 is 4.39 Å². The highest BCUT2D eigenvalue weighted by Gasteiger charge is 2.18. The maximum absolute atomic E-state index is 13.1. The third-order valence-electron chi connectivity index (χ3n) is 2.09. The molecule has 2 N–H and O–H groups in total. The molecule has 0 saturated heterocycles. The number of benzene rings is 1. The zero-order valence-corrected chi connectivity index (χ0v) is 10.2. The van der Waals surface area contributed by atoms with E-state index in [2.05, 4.69) is 15.5 Å². The van der Waals surface area contributed by atoms with E-state index in [9.17, 15) is 4.39 Å². The highest BCUT2D eigenvalue weighted by Crippen LogP contribution is 2.30. The Hall–Kier alpha value is -1.24. The molecule has 1 aromatic heterocycles. The molecule has 1 unspecified atom stereocenters. The van der Waals surface area contributed by atoms with Gasteiger partial charge in [0.15, 0.2) is 5.82 Å². The molecule has 2 aromatic rings. The van der Waals surface area contributed by atoms with Crippen molar-refractivity contribution in [2.45, 2.75) is 13.0 Å². The Balaban J connectivity index is 2.64. The monoisotopic (exact) mass is 275 g/mol. The first-order valence-corrected chi connectivity index (χ1v) is 5.45. The average molecular weight is 276 g/mol. The summed E-state index contributed by atoms with van der Waals surface area (Å²) in [5.74, 6) is -0.139. The van der Waals surface area contributed by atoms with Crippen LogP contribution in [0.15, 0.2) is 12.1 Å². The predicted octanol–water partition coefficient (Wildman–Crippen LogP) is 2.13. The van der Waals surface area contributed by atoms with Gasteiger partial charge in [-0.15, -0.1) is 5.10 Å². The Morgan fingerprint density at radius 1 is 1.35 bits per heavy atom. The number of nitrogens with two attached hydrogens (primary N) is 1. The quantitative estimate of drug-likeness (QED) is 0.912. The van der Waals surface area contributed by atoms with Crippen molar-refractivity contribution in [3.63, 3.8) is 0 Å². The van der Waals surface area contributed by atoms with Crippen molar-refractivity contribution in [2.24, 2.45) is 5.73 Å². The average Bonchev–Trinajstić information content (AvgIpc) is 2.64. The van der Waals surface area contributed by atoms with Gasteiger partial charge in [0, 0.05) is 0 Å². The summed E-state index contributed by atoms with van der Waals surface area (Å²) in [7, 11) is 0. The topological polar surface area (TPSA) is 69.6 Å². The first-order valence-electron chi connectivity index (χ1n) is 4.69. The Kier molecular flexibility index (Phi) is 3.28. The van der Waals surface area contributed by atoms with Crippen LogP contribution in [0.3, 0.4) is 0 Å². The lowest BCUT2D eigenvalue weighted by Crippen LogP contribution is -2.14. The van der Waals surface area contributed by atoms with E-state index in [0.717, 1.165) is 12.1 Å². The predicted molar refractivity (Wildman–Crippen MR) is 61.7 cm³/mol. The van der Waals surface area contributed by atoms with E-state index in [1.54, 1.807) is 6.92 Å². The molecule has 0 amide bonds. The zero-order valence-electron chi connectivity index (χ0n) is 8.73. The van der Waals surface area contributed by atoms with Crippen LogP contribution in [-0.4, -0.2) is 20.2 Å². The summed E-state index contributed by atoms with van der Waals surface area (Å²) in [4.78, 5) is 0. The zero-order chi connectivity index (χ0) is 12.6. The Morgan fingerprint density at radius 3 is 2.47 bits per heavy atom. The molecule has 0 radical (unpaired) electrons. The standard InChI is InChI=1S/C9H8Cl2FN5/c1-4(13)9-14-15-16-17(9)8-6(10)2-5(12)3-7(8)11/h2-4H,13H2,1H3. The third-order valence-corrected chi connectivity index (χ3v) is 2.67. The van der Waals surface area contributed by atoms with Gasteiger partial charge < -0.3 is 5.73 Å². The lowest BCUT2D eigenvalue weighted by Gasteiger charge is -2.10. The molecule has 90 valence electrons. The van der Waals surface area contributed by atoms with Crippen molar-refractivity contribution in [1.29, 1.82) is 0 Å². The fourth-order valence-electron chi connectivity index (χ4n) is 1.37. The molecule has 0 fully saturated rings. The van der Waals surface area contributed by atoms with Crippen LogP contribution in [0.1, 0.15) is 18.8 Å². The number of tetrazole rings is 1. The normalized spacial score (nSPS) is 12.8. The molecule has 1 aromatic carbocycles. The van der Waals surface area contributed by atoms with Gasteiger partial charge in [0.05, 0.1) is 16.1 Å². The van der Waals surface area contributed by atoms with Crippen LogP contribution in [-0.2, 0) is 0 Å². The minimum absolute atomic E-state index is 0.115. The fraction of sp³-hybridized carbons (Fsp3) is 0.222. The summed E-state index contributed by atoms with van der Waals surface area (Å²) in [5, 5.41) is 11.2. The molecule has 0 aliphatic heterocycles. The van der Waals surface area contributed by atoms with Crippen LogP contribution in [0.2, 0.25) is 10.0 Å². The van der Waals surface area contributed by atoms with Crippen LogP contribution in [0.5, 0.6) is 0 Å². The molecule has 0 aliphatic rings. The molecule has 0 saturated carbocycles. The number of hydrogen-bond donors (Lipinski definition) is 1. The highest BCUT2D eigenvalue weighted by molar-refractivity contribution is 6.37. The van der Waals surface area contributed by atoms with E-state index in [1.807, 2.05) is 0 Å². The molecule has 17 heavy (non-hydrogen) atoms. The minimum atomic E-state index is -0.529. The van der Waals surface area contributed by atoms with Crippen LogP contribution in [0.25, 0.3) is 5.69 Å². The van der Waals surface area contributed by atoms with Gasteiger partial charge in [-0.1, -0.05) is 23.2 Å². The molecule has 1 atom stereocenters. The Bertz CT molecular complexity index is 531. The van der Waals surface area contributed by atoms with Gasteiger partial charge in [-0.2, -0.15) is 4.68 Å². The Morgan fingerprint density at radius 2 is 1.94 bits per heavy atom. The molecule has 8 heteroatoms. The molecule has 0 aliphatic carbocycles. The smallest absolute Gasteiger partial charge is 0.173 e. The summed E-state index contributed by atoms with van der Waals surface area (Å²) < 4.78 is 14.4. The van der Waals surface area contributed by atoms with E-state index >= 15 is 0 Å². The molecule has 0 spiro atoms. The van der Waals surface area contributed by atoms with Crippen molar-refractivity contribution in [3.8, 4) is 5.69 Å². The molecular formula is C9H8Cl2FN5. The highest BCUT2D eigenvalue weighted by atomic mass is 35.5. The van der Waals surface area contributed by atoms with Crippen molar-refractivity contribution in [3.05, 3.63) is 33.8 Å². The maximum Gasteiger partial charge on any atom is 0.173 e. The van der Waals surface area contributed by atoms with E-state index in [-0.39, 0.29) is 10.0 Å². The van der Waals surface area contributed by atoms with Crippen molar-refractivity contribution >= 4 is 23.2 Å². The van der Waals surface area contributed by atoms with Gasteiger partial charge in [0.25, 0.3) is 0 Å². The van der Waals surface area contributed by atoms with E-state index in [4.69, 9.17) is 28.9 Å². The minimum Gasteiger partial charge on any atom is -0.321 e. The molecule has 5 nitrogen and oxygen atoms in total. The van der Waals surface area contributed by atoms with Gasteiger partial charge in [0.2, 0.25) is 0 Å². The van der Waals surface area contributed by atoms with Crippen LogP contribution >= 0.6 is 23.2 Å². The summed E-state index contributed by atoms with van der Waals surface area (Å²) in [6.07, 6.45) is 0. The lowest BCUT2D eigenvalue weighted by atomic mass is 10.3. The van der Waals surface area contributed by atoms with Crippen LogP contribution in [0, 0.1) is 5.82 Å². The SMILES string of the molecule is CC(N)c1nnnn1-c1c(Cl)cc(F)cc1Cl. The molecular weight excluding hydrogens is 268 g/mol. The van der Waals surface area contributed by atoms with Gasteiger partial charge in [0.1, 0.15) is 11.5 Å². The first kappa shape index (κ1) is 12.2. The maximum atomic E-state index is 13.1. The third kappa shape index (κ3) is 2.24. The number of aromatic nitrogens is 4. The summed E-state index contributed by atoms with van der Waals surface area (Å²) >= 11 is 11.8. The Labute approximate surface area is 106 Å². The number of nitrogens with zero attached hydrogens (tertiary/aromatic N) is 4. The van der Waals surface area contributed by atoms with E-state index in [0.29, 0.717) is 11.5 Å². The van der Waals surface area contributed by atoms with Gasteiger partial charge in [-0.25, -0.2) is 4.39 Å². The van der Waals surface area contributed by atoms with Gasteiger partial charge >= 0.3 is 0 Å². The fourth-order valence-corrected chi connectivity index (χ4v) is 1.99. The summed E-state index contributed by atoms with van der Waals surface area (Å²) in [6.45, 7) is 1.72. The van der Waals surface area contributed by atoms with Crippen LogP contribution in [0.4, 0.5) is 4.39 Å². The summed E-state index contributed by atoms with van der Waals surface area (Å²) in [6, 6.07) is 1.87. The largest absolute Gasteiger partial charge is 0.321 e. The summed E-state index contributed by atoms with van der Waals surface area (Å²) in [5.41, 5.74) is 6.01.